The first-order chi connectivity index (χ1) is 28.5. The van der Waals surface area contributed by atoms with E-state index in [0.717, 1.165) is 36.1 Å². The molecule has 3 fully saturated rings. The summed E-state index contributed by atoms with van der Waals surface area (Å²) in [5.41, 5.74) is -0.158. The molecule has 3 N–H and O–H groups in total. The van der Waals surface area contributed by atoms with Gasteiger partial charge in [0.2, 0.25) is 5.91 Å². The fraction of sp³-hybridized carbons (Fsp3) is 0.475. The van der Waals surface area contributed by atoms with Crippen molar-refractivity contribution in [1.82, 2.24) is 44.3 Å². The van der Waals surface area contributed by atoms with Gasteiger partial charge in [-0.3, -0.25) is 14.4 Å². The fourth-order valence-electron chi connectivity index (χ4n) is 8.36. The molecule has 0 radical (unpaired) electrons. The number of alkyl halides is 3. The number of imidazole rings is 1. The maximum Gasteiger partial charge on any atom is 0.435 e. The number of amides is 3. The normalized spacial score (nSPS) is 20.0. The molecular weight excluding hydrogens is 807 g/mol. The first kappa shape index (κ1) is 42.7. The molecule has 0 bridgehead atoms. The van der Waals surface area contributed by atoms with Crippen LogP contribution in [-0.4, -0.2) is 152 Å². The lowest BCUT2D eigenvalue weighted by atomic mass is 9.90. The number of piperidine rings is 1. The van der Waals surface area contributed by atoms with Crippen LogP contribution in [0.4, 0.5) is 18.9 Å². The Morgan fingerprint density at radius 2 is 1.70 bits per heavy atom. The molecule has 3 aliphatic rings. The number of nitrogens with one attached hydrogen (secondary N) is 2. The predicted molar refractivity (Wildman–Crippen MR) is 214 cm³/mol. The summed E-state index contributed by atoms with van der Waals surface area (Å²) in [4.78, 5) is 65.9. The molecule has 0 saturated carbocycles. The number of likely N-dealkylation sites (tertiary alicyclic amines) is 1. The summed E-state index contributed by atoms with van der Waals surface area (Å²) < 4.78 is 45.5. The lowest BCUT2D eigenvalue weighted by Gasteiger charge is -2.46. The Kier molecular flexibility index (Phi) is 12.3. The molecule has 320 valence electrons. The van der Waals surface area contributed by atoms with Crippen LogP contribution in [0.25, 0.3) is 17.1 Å². The standard InChI is InChI=1S/C40H47ClF3N11O5/c1-50(2)21-25-4-7-33(46-19-25)54-22-30(35(49-54)40(42,43)44)32-20-47-36(51(32)3)37(58)48-28-5-6-29(31(41)16-28)39(60)53-12-10-52(11-13-53)38(59)27-8-14-55(15-9-27,24-34(56)57)23-26-17-45-18-26/h4-7,16,19-20,22,26-27,45H,8-15,17-18,21,23-24H2,1-3H3,(H-,48,56,57,58,60)/p+1. The van der Waals surface area contributed by atoms with Crippen molar-refractivity contribution in [3.63, 3.8) is 0 Å². The van der Waals surface area contributed by atoms with Crippen molar-refractivity contribution in [2.24, 2.45) is 18.9 Å². The first-order valence-corrected chi connectivity index (χ1v) is 20.1. The van der Waals surface area contributed by atoms with Crippen LogP contribution in [0.5, 0.6) is 0 Å². The number of piperazine rings is 1. The predicted octanol–water partition coefficient (Wildman–Crippen LogP) is 3.47. The van der Waals surface area contributed by atoms with E-state index in [1.165, 1.54) is 36.0 Å². The number of carboxylic acids is 1. The third kappa shape index (κ3) is 9.33. The summed E-state index contributed by atoms with van der Waals surface area (Å²) in [6.07, 6.45) is 0.364. The lowest BCUT2D eigenvalue weighted by molar-refractivity contribution is -0.929. The van der Waals surface area contributed by atoms with Crippen molar-refractivity contribution in [2.45, 2.75) is 25.6 Å². The van der Waals surface area contributed by atoms with Gasteiger partial charge in [0.1, 0.15) is 0 Å². The third-order valence-corrected chi connectivity index (χ3v) is 11.9. The highest BCUT2D eigenvalue weighted by Crippen LogP contribution is 2.37. The van der Waals surface area contributed by atoms with Gasteiger partial charge in [-0.25, -0.2) is 19.4 Å². The Morgan fingerprint density at radius 3 is 2.28 bits per heavy atom. The number of carbonyl (C=O) groups is 4. The van der Waals surface area contributed by atoms with E-state index in [2.05, 4.69) is 25.7 Å². The number of hydrogen-bond donors (Lipinski definition) is 3. The van der Waals surface area contributed by atoms with Crippen LogP contribution in [0.1, 0.15) is 45.1 Å². The number of rotatable bonds is 12. The van der Waals surface area contributed by atoms with Crippen LogP contribution in [-0.2, 0) is 29.4 Å². The molecule has 3 aliphatic heterocycles. The van der Waals surface area contributed by atoms with Gasteiger partial charge in [0.05, 0.1) is 47.7 Å². The minimum absolute atomic E-state index is 0.00310. The van der Waals surface area contributed by atoms with Gasteiger partial charge in [0.15, 0.2) is 23.9 Å². The maximum absolute atomic E-state index is 14.2. The molecule has 4 aromatic rings. The Labute approximate surface area is 349 Å². The van der Waals surface area contributed by atoms with Crippen LogP contribution in [0.2, 0.25) is 5.02 Å². The van der Waals surface area contributed by atoms with Crippen LogP contribution >= 0.6 is 11.6 Å². The highest BCUT2D eigenvalue weighted by Gasteiger charge is 2.42. The lowest BCUT2D eigenvalue weighted by Crippen LogP contribution is -2.62. The van der Waals surface area contributed by atoms with Gasteiger partial charge in [0.25, 0.3) is 11.8 Å². The molecule has 0 atom stereocenters. The summed E-state index contributed by atoms with van der Waals surface area (Å²) in [5.74, 6) is -1.57. The molecule has 16 nitrogen and oxygen atoms in total. The van der Waals surface area contributed by atoms with E-state index in [9.17, 15) is 37.5 Å². The van der Waals surface area contributed by atoms with Gasteiger partial charge in [-0.2, -0.15) is 18.3 Å². The molecule has 60 heavy (non-hydrogen) atoms. The Hall–Kier alpha value is -5.37. The van der Waals surface area contributed by atoms with Crippen molar-refractivity contribution in [1.29, 1.82) is 0 Å². The summed E-state index contributed by atoms with van der Waals surface area (Å²) in [6, 6.07) is 7.72. The van der Waals surface area contributed by atoms with Gasteiger partial charge in [0, 0.05) is 95.6 Å². The zero-order chi connectivity index (χ0) is 42.9. The fourth-order valence-corrected chi connectivity index (χ4v) is 8.62. The minimum atomic E-state index is -4.82. The molecule has 3 aromatic heterocycles. The molecule has 20 heteroatoms. The molecule has 7 rings (SSSR count). The summed E-state index contributed by atoms with van der Waals surface area (Å²) in [6.45, 7) is 5.87. The number of aliphatic carboxylic acids is 1. The minimum Gasteiger partial charge on any atom is -0.477 e. The highest BCUT2D eigenvalue weighted by molar-refractivity contribution is 6.34. The molecule has 0 unspecified atom stereocenters. The Bertz CT molecular complexity index is 2240. The third-order valence-electron chi connectivity index (χ3n) is 11.6. The quantitative estimate of drug-likeness (QED) is 0.180. The van der Waals surface area contributed by atoms with Crippen molar-refractivity contribution >= 4 is 41.0 Å². The van der Waals surface area contributed by atoms with Crippen LogP contribution in [0.3, 0.4) is 0 Å². The molecule has 0 aliphatic carbocycles. The summed E-state index contributed by atoms with van der Waals surface area (Å²) in [5, 5.41) is 19.4. The van der Waals surface area contributed by atoms with E-state index in [1.54, 1.807) is 28.1 Å². The molecule has 3 amide bonds. The average Bonchev–Trinajstić information content (AvgIpc) is 3.80. The number of anilines is 1. The second-order valence-corrected chi connectivity index (χ2v) is 16.6. The summed E-state index contributed by atoms with van der Waals surface area (Å²) >= 11 is 6.56. The number of halogens is 4. The number of carbonyl (C=O) groups excluding carboxylic acids is 3. The largest absolute Gasteiger partial charge is 0.477 e. The number of carboxylic acid groups (broad SMARTS) is 1. The number of quaternary nitrogens is 1. The van der Waals surface area contributed by atoms with E-state index in [-0.39, 0.29) is 63.5 Å². The van der Waals surface area contributed by atoms with Crippen molar-refractivity contribution in [3.05, 3.63) is 76.6 Å². The van der Waals surface area contributed by atoms with E-state index in [0.29, 0.717) is 69.1 Å². The van der Waals surface area contributed by atoms with Crippen LogP contribution in [0.15, 0.2) is 48.9 Å². The molecular formula is C40H48ClF3N11O5+. The number of hydrogen-bond acceptors (Lipinski definition) is 9. The molecule has 1 aromatic carbocycles. The van der Waals surface area contributed by atoms with Gasteiger partial charge >= 0.3 is 12.1 Å². The second kappa shape index (κ2) is 17.3. The molecule has 0 spiro atoms. The first-order valence-electron chi connectivity index (χ1n) is 19.8. The van der Waals surface area contributed by atoms with E-state index >= 15 is 0 Å². The second-order valence-electron chi connectivity index (χ2n) is 16.2. The maximum atomic E-state index is 14.2. The van der Waals surface area contributed by atoms with Gasteiger partial charge in [-0.15, -0.1) is 0 Å². The van der Waals surface area contributed by atoms with E-state index < -0.39 is 23.7 Å². The number of pyridine rings is 1. The van der Waals surface area contributed by atoms with Crippen molar-refractivity contribution in [2.75, 3.05) is 84.9 Å². The Morgan fingerprint density at radius 1 is 1.00 bits per heavy atom. The number of nitrogens with zero attached hydrogens (tertiary/aromatic N) is 9. The van der Waals surface area contributed by atoms with Gasteiger partial charge in [-0.1, -0.05) is 17.7 Å². The Balaban J connectivity index is 0.956. The zero-order valence-electron chi connectivity index (χ0n) is 33.6. The van der Waals surface area contributed by atoms with Gasteiger partial charge in [-0.05, 0) is 43.9 Å². The number of aromatic nitrogens is 5. The monoisotopic (exact) mass is 854 g/mol. The van der Waals surface area contributed by atoms with E-state index in [4.69, 9.17) is 11.6 Å². The van der Waals surface area contributed by atoms with Crippen molar-refractivity contribution < 1.29 is 41.9 Å². The molecule has 3 saturated heterocycles. The highest BCUT2D eigenvalue weighted by atomic mass is 35.5. The van der Waals surface area contributed by atoms with Crippen molar-refractivity contribution in [3.8, 4) is 17.1 Å². The average molecular weight is 855 g/mol. The zero-order valence-corrected chi connectivity index (χ0v) is 34.3. The van der Waals surface area contributed by atoms with E-state index in [1.807, 2.05) is 19.0 Å². The number of benzene rings is 1. The SMILES string of the molecule is CN(C)Cc1ccc(-n2cc(-c3cnc(C(=O)Nc4ccc(C(=O)N5CCN(C(=O)C6CC[N+](CC(=O)O)(CC7CNC7)CC6)CC5)c(Cl)c4)n3C)c(C(F)(F)F)n2)nc1. The van der Waals surface area contributed by atoms with Crippen LogP contribution < -0.4 is 10.6 Å². The smallest absolute Gasteiger partial charge is 0.435 e. The van der Waals surface area contributed by atoms with Gasteiger partial charge < -0.3 is 39.5 Å². The topological polar surface area (TPSA) is 171 Å². The van der Waals surface area contributed by atoms with Crippen LogP contribution in [0, 0.1) is 11.8 Å². The summed E-state index contributed by atoms with van der Waals surface area (Å²) in [7, 11) is 5.20. The molecule has 6 heterocycles.